The molecule has 4 nitrogen and oxygen atoms in total. The number of nitrogens with zero attached hydrogens (tertiary/aromatic N) is 1. The number of aryl methyl sites for hydroxylation is 1. The van der Waals surface area contributed by atoms with E-state index in [4.69, 9.17) is 0 Å². The number of rotatable bonds is 4. The highest BCUT2D eigenvalue weighted by atomic mass is 16.4. The van der Waals surface area contributed by atoms with Crippen molar-refractivity contribution in [3.8, 4) is 0 Å². The fraction of sp³-hybridized carbons (Fsp3) is 0.529. The smallest absolute Gasteiger partial charge is 0.311 e. The SMILES string of the molecule is CCc1ccc(CC(=O)N2CCCC(C)(C(=O)O)C2)cc1. The summed E-state index contributed by atoms with van der Waals surface area (Å²) in [6.07, 6.45) is 2.72. The van der Waals surface area contributed by atoms with Gasteiger partial charge >= 0.3 is 5.97 Å². The Bertz CT molecular complexity index is 523. The first kappa shape index (κ1) is 15.5. The van der Waals surface area contributed by atoms with Gasteiger partial charge in [-0.1, -0.05) is 31.2 Å². The number of carbonyl (C=O) groups excluding carboxylic acids is 1. The Labute approximate surface area is 125 Å². The van der Waals surface area contributed by atoms with Crippen LogP contribution in [-0.4, -0.2) is 35.0 Å². The molecular weight excluding hydrogens is 266 g/mol. The van der Waals surface area contributed by atoms with E-state index in [9.17, 15) is 14.7 Å². The first-order valence-electron chi connectivity index (χ1n) is 7.53. The van der Waals surface area contributed by atoms with Gasteiger partial charge in [0.25, 0.3) is 0 Å². The summed E-state index contributed by atoms with van der Waals surface area (Å²) in [6, 6.07) is 8.05. The number of carbonyl (C=O) groups is 2. The van der Waals surface area contributed by atoms with Crippen molar-refractivity contribution in [2.45, 2.75) is 39.5 Å². The maximum absolute atomic E-state index is 12.4. The number of piperidine rings is 1. The second-order valence-corrected chi connectivity index (χ2v) is 6.13. The number of carboxylic acid groups (broad SMARTS) is 1. The van der Waals surface area contributed by atoms with E-state index in [0.29, 0.717) is 25.9 Å². The Morgan fingerprint density at radius 3 is 2.43 bits per heavy atom. The highest BCUT2D eigenvalue weighted by Gasteiger charge is 2.39. The lowest BCUT2D eigenvalue weighted by Gasteiger charge is -2.37. The molecule has 1 atom stereocenters. The number of benzene rings is 1. The van der Waals surface area contributed by atoms with Crippen LogP contribution in [0.25, 0.3) is 0 Å². The molecule has 1 aliphatic heterocycles. The quantitative estimate of drug-likeness (QED) is 0.926. The van der Waals surface area contributed by atoms with E-state index in [1.54, 1.807) is 11.8 Å². The number of hydrogen-bond acceptors (Lipinski definition) is 2. The second kappa shape index (κ2) is 6.29. The summed E-state index contributed by atoms with van der Waals surface area (Å²) in [6.45, 7) is 4.80. The Kier molecular flexibility index (Phi) is 4.66. The molecule has 1 heterocycles. The van der Waals surface area contributed by atoms with E-state index in [2.05, 4.69) is 6.92 Å². The lowest BCUT2D eigenvalue weighted by atomic mass is 9.82. The monoisotopic (exact) mass is 289 g/mol. The highest BCUT2D eigenvalue weighted by Crippen LogP contribution is 2.30. The Morgan fingerprint density at radius 1 is 1.24 bits per heavy atom. The number of likely N-dealkylation sites (tertiary alicyclic amines) is 1. The molecule has 0 saturated carbocycles. The summed E-state index contributed by atoms with van der Waals surface area (Å²) < 4.78 is 0. The highest BCUT2D eigenvalue weighted by molar-refractivity contribution is 5.81. The molecule has 0 spiro atoms. The molecule has 1 amide bonds. The standard InChI is InChI=1S/C17H23NO3/c1-3-13-5-7-14(8-6-13)11-15(19)18-10-4-9-17(2,12-18)16(20)21/h5-8H,3-4,9-12H2,1-2H3,(H,20,21). The fourth-order valence-corrected chi connectivity index (χ4v) is 2.81. The van der Waals surface area contributed by atoms with Crippen molar-refractivity contribution in [1.82, 2.24) is 4.90 Å². The molecule has 0 aromatic heterocycles. The van der Waals surface area contributed by atoms with Gasteiger partial charge < -0.3 is 10.0 Å². The average Bonchev–Trinajstić information content (AvgIpc) is 2.48. The zero-order valence-electron chi connectivity index (χ0n) is 12.8. The van der Waals surface area contributed by atoms with Crippen LogP contribution in [0.4, 0.5) is 0 Å². The molecule has 4 heteroatoms. The molecule has 1 fully saturated rings. The van der Waals surface area contributed by atoms with Crippen LogP contribution in [0, 0.1) is 5.41 Å². The lowest BCUT2D eigenvalue weighted by molar-refractivity contribution is -0.153. The molecule has 1 N–H and O–H groups in total. The van der Waals surface area contributed by atoms with Gasteiger partial charge in [-0.05, 0) is 37.3 Å². The molecular formula is C17H23NO3. The second-order valence-electron chi connectivity index (χ2n) is 6.13. The van der Waals surface area contributed by atoms with E-state index < -0.39 is 11.4 Å². The van der Waals surface area contributed by atoms with Gasteiger partial charge in [-0.15, -0.1) is 0 Å². The van der Waals surface area contributed by atoms with Gasteiger partial charge in [0.1, 0.15) is 0 Å². The van der Waals surface area contributed by atoms with Crippen molar-refractivity contribution >= 4 is 11.9 Å². The summed E-state index contributed by atoms with van der Waals surface area (Å²) in [5.74, 6) is -0.793. The number of amides is 1. The maximum atomic E-state index is 12.4. The summed E-state index contributed by atoms with van der Waals surface area (Å²) in [7, 11) is 0. The first-order valence-corrected chi connectivity index (χ1v) is 7.53. The third-order valence-electron chi connectivity index (χ3n) is 4.35. The predicted octanol–water partition coefficient (Wildman–Crippen LogP) is 2.50. The van der Waals surface area contributed by atoms with Gasteiger partial charge in [0, 0.05) is 13.1 Å². The summed E-state index contributed by atoms with van der Waals surface area (Å²) in [5.41, 5.74) is 1.43. The number of hydrogen-bond donors (Lipinski definition) is 1. The third-order valence-corrected chi connectivity index (χ3v) is 4.35. The predicted molar refractivity (Wildman–Crippen MR) is 81.1 cm³/mol. The molecule has 1 saturated heterocycles. The van der Waals surface area contributed by atoms with E-state index in [-0.39, 0.29) is 5.91 Å². The Hall–Kier alpha value is -1.84. The van der Waals surface area contributed by atoms with Gasteiger partial charge in [-0.25, -0.2) is 0 Å². The molecule has 0 radical (unpaired) electrons. The van der Waals surface area contributed by atoms with E-state index in [1.807, 2.05) is 24.3 Å². The van der Waals surface area contributed by atoms with Crippen LogP contribution in [0.1, 0.15) is 37.8 Å². The van der Waals surface area contributed by atoms with Gasteiger partial charge in [0.2, 0.25) is 5.91 Å². The molecule has 0 aliphatic carbocycles. The molecule has 0 bridgehead atoms. The van der Waals surface area contributed by atoms with E-state index >= 15 is 0 Å². The Balaban J connectivity index is 2.00. The molecule has 1 aromatic carbocycles. The van der Waals surface area contributed by atoms with Crippen molar-refractivity contribution in [2.75, 3.05) is 13.1 Å². The number of aliphatic carboxylic acids is 1. The Morgan fingerprint density at radius 2 is 1.86 bits per heavy atom. The van der Waals surface area contributed by atoms with Crippen LogP contribution in [0.2, 0.25) is 0 Å². The first-order chi connectivity index (χ1) is 9.94. The van der Waals surface area contributed by atoms with Gasteiger partial charge in [-0.2, -0.15) is 0 Å². The van der Waals surface area contributed by atoms with Crippen LogP contribution in [0.3, 0.4) is 0 Å². The van der Waals surface area contributed by atoms with Crippen LogP contribution >= 0.6 is 0 Å². The summed E-state index contributed by atoms with van der Waals surface area (Å²) >= 11 is 0. The molecule has 1 unspecified atom stereocenters. The molecule has 114 valence electrons. The zero-order valence-corrected chi connectivity index (χ0v) is 12.8. The van der Waals surface area contributed by atoms with Gasteiger partial charge in [0.05, 0.1) is 11.8 Å². The summed E-state index contributed by atoms with van der Waals surface area (Å²) in [5, 5.41) is 9.31. The lowest BCUT2D eigenvalue weighted by Crippen LogP contribution is -2.48. The zero-order chi connectivity index (χ0) is 15.5. The minimum atomic E-state index is -0.813. The third kappa shape index (κ3) is 3.63. The minimum Gasteiger partial charge on any atom is -0.481 e. The largest absolute Gasteiger partial charge is 0.481 e. The van der Waals surface area contributed by atoms with Crippen molar-refractivity contribution in [2.24, 2.45) is 5.41 Å². The van der Waals surface area contributed by atoms with E-state index in [0.717, 1.165) is 18.4 Å². The topological polar surface area (TPSA) is 57.6 Å². The van der Waals surface area contributed by atoms with Crippen LogP contribution in [-0.2, 0) is 22.4 Å². The normalized spacial score (nSPS) is 22.1. The molecule has 1 aliphatic rings. The maximum Gasteiger partial charge on any atom is 0.311 e. The molecule has 21 heavy (non-hydrogen) atoms. The minimum absolute atomic E-state index is 0.0198. The van der Waals surface area contributed by atoms with Crippen molar-refractivity contribution in [3.63, 3.8) is 0 Å². The van der Waals surface area contributed by atoms with Crippen LogP contribution in [0.15, 0.2) is 24.3 Å². The number of carboxylic acids is 1. The van der Waals surface area contributed by atoms with Gasteiger partial charge in [-0.3, -0.25) is 9.59 Å². The van der Waals surface area contributed by atoms with Gasteiger partial charge in [0.15, 0.2) is 0 Å². The van der Waals surface area contributed by atoms with E-state index in [1.165, 1.54) is 5.56 Å². The molecule has 2 rings (SSSR count). The van der Waals surface area contributed by atoms with Crippen LogP contribution < -0.4 is 0 Å². The molecule has 1 aromatic rings. The van der Waals surface area contributed by atoms with Crippen LogP contribution in [0.5, 0.6) is 0 Å². The van der Waals surface area contributed by atoms with Crippen molar-refractivity contribution in [3.05, 3.63) is 35.4 Å². The fourth-order valence-electron chi connectivity index (χ4n) is 2.81. The van der Waals surface area contributed by atoms with Crippen molar-refractivity contribution < 1.29 is 14.7 Å². The summed E-state index contributed by atoms with van der Waals surface area (Å²) in [4.78, 5) is 25.4. The van der Waals surface area contributed by atoms with Crippen molar-refractivity contribution in [1.29, 1.82) is 0 Å². The average molecular weight is 289 g/mol.